The average Bonchev–Trinajstić information content (AvgIpc) is 3.09. The molecule has 0 unspecified atom stereocenters. The lowest BCUT2D eigenvalue weighted by Gasteiger charge is -2.08. The third-order valence-corrected chi connectivity index (χ3v) is 3.10. The van der Waals surface area contributed by atoms with Gasteiger partial charge in [0.2, 0.25) is 6.79 Å². The van der Waals surface area contributed by atoms with Crippen molar-refractivity contribution in [3.63, 3.8) is 0 Å². The van der Waals surface area contributed by atoms with Crippen molar-refractivity contribution in [2.45, 2.75) is 19.5 Å². The number of phenols is 1. The van der Waals surface area contributed by atoms with Crippen molar-refractivity contribution in [3.8, 4) is 17.2 Å². The van der Waals surface area contributed by atoms with Crippen LogP contribution in [-0.4, -0.2) is 33.4 Å². The van der Waals surface area contributed by atoms with E-state index in [1.54, 1.807) is 16.9 Å². The van der Waals surface area contributed by atoms with Gasteiger partial charge >= 0.3 is 0 Å². The smallest absolute Gasteiger partial charge is 0.231 e. The normalized spacial score (nSPS) is 12.8. The van der Waals surface area contributed by atoms with Crippen molar-refractivity contribution in [2.24, 2.45) is 0 Å². The molecular weight excluding hydrogens is 260 g/mol. The first kappa shape index (κ1) is 12.7. The van der Waals surface area contributed by atoms with Gasteiger partial charge in [0.05, 0.1) is 6.20 Å². The number of rotatable bonds is 6. The minimum atomic E-state index is 0.212. The number of aromatic nitrogens is 3. The van der Waals surface area contributed by atoms with Crippen LogP contribution in [0.15, 0.2) is 24.5 Å². The Bertz CT molecular complexity index is 571. The van der Waals surface area contributed by atoms with E-state index in [4.69, 9.17) is 9.47 Å². The predicted octanol–water partition coefficient (Wildman–Crippen LogP) is 0.892. The zero-order valence-corrected chi connectivity index (χ0v) is 11.0. The summed E-state index contributed by atoms with van der Waals surface area (Å²) in [7, 11) is 0. The summed E-state index contributed by atoms with van der Waals surface area (Å²) in [6, 6.07) is 3.40. The van der Waals surface area contributed by atoms with Crippen molar-refractivity contribution >= 4 is 0 Å². The molecule has 0 fully saturated rings. The molecule has 2 heterocycles. The van der Waals surface area contributed by atoms with Gasteiger partial charge in [0, 0.05) is 30.9 Å². The molecule has 0 aliphatic carbocycles. The maximum Gasteiger partial charge on any atom is 0.231 e. The summed E-state index contributed by atoms with van der Waals surface area (Å²) in [6.45, 7) is 2.44. The number of aromatic hydroxyl groups is 1. The number of nitrogens with one attached hydrogen (secondary N) is 1. The zero-order chi connectivity index (χ0) is 13.8. The second-order valence-electron chi connectivity index (χ2n) is 4.53. The van der Waals surface area contributed by atoms with Crippen molar-refractivity contribution in [2.75, 3.05) is 13.3 Å². The molecule has 1 aromatic heterocycles. The molecule has 7 heteroatoms. The molecule has 0 radical (unpaired) electrons. The SMILES string of the molecule is Oc1cc2c(cc1CNCCCn1ccnn1)OCO2. The number of fused-ring (bicyclic) bond motifs is 1. The van der Waals surface area contributed by atoms with Crippen LogP contribution in [0.5, 0.6) is 17.2 Å². The highest BCUT2D eigenvalue weighted by molar-refractivity contribution is 5.51. The van der Waals surface area contributed by atoms with E-state index in [9.17, 15) is 5.11 Å². The Morgan fingerprint density at radius 1 is 1.30 bits per heavy atom. The summed E-state index contributed by atoms with van der Waals surface area (Å²) in [5.74, 6) is 1.50. The van der Waals surface area contributed by atoms with Crippen LogP contribution in [0.25, 0.3) is 0 Å². The maximum absolute atomic E-state index is 9.88. The number of nitrogens with zero attached hydrogens (tertiary/aromatic N) is 3. The minimum absolute atomic E-state index is 0.212. The Kier molecular flexibility index (Phi) is 3.69. The summed E-state index contributed by atoms with van der Waals surface area (Å²) in [4.78, 5) is 0. The van der Waals surface area contributed by atoms with Gasteiger partial charge < -0.3 is 19.9 Å². The molecule has 106 valence electrons. The van der Waals surface area contributed by atoms with Crippen LogP contribution in [0.3, 0.4) is 0 Å². The highest BCUT2D eigenvalue weighted by atomic mass is 16.7. The van der Waals surface area contributed by atoms with Gasteiger partial charge in [0.25, 0.3) is 0 Å². The van der Waals surface area contributed by atoms with E-state index >= 15 is 0 Å². The van der Waals surface area contributed by atoms with Crippen molar-refractivity contribution in [1.82, 2.24) is 20.3 Å². The topological polar surface area (TPSA) is 81.4 Å². The summed E-state index contributed by atoms with van der Waals surface area (Å²) in [5.41, 5.74) is 0.801. The van der Waals surface area contributed by atoms with Gasteiger partial charge in [-0.2, -0.15) is 0 Å². The van der Waals surface area contributed by atoms with Crippen LogP contribution in [0.2, 0.25) is 0 Å². The Hall–Kier alpha value is -2.28. The molecule has 2 aromatic rings. The van der Waals surface area contributed by atoms with Gasteiger partial charge in [-0.05, 0) is 19.0 Å². The molecule has 0 saturated heterocycles. The monoisotopic (exact) mass is 276 g/mol. The van der Waals surface area contributed by atoms with Crippen LogP contribution in [0, 0.1) is 0 Å². The van der Waals surface area contributed by atoms with E-state index in [1.165, 1.54) is 0 Å². The van der Waals surface area contributed by atoms with Crippen LogP contribution in [0.4, 0.5) is 0 Å². The molecule has 7 nitrogen and oxygen atoms in total. The molecule has 0 atom stereocenters. The Morgan fingerprint density at radius 3 is 2.95 bits per heavy atom. The maximum atomic E-state index is 9.88. The van der Waals surface area contributed by atoms with Gasteiger partial charge in [-0.25, -0.2) is 0 Å². The average molecular weight is 276 g/mol. The number of ether oxygens (including phenoxy) is 2. The Morgan fingerprint density at radius 2 is 2.15 bits per heavy atom. The summed E-state index contributed by atoms with van der Waals surface area (Å²) in [6.07, 6.45) is 4.44. The first-order valence-electron chi connectivity index (χ1n) is 6.49. The first-order chi connectivity index (χ1) is 9.83. The molecular formula is C13H16N4O3. The molecule has 1 aromatic carbocycles. The minimum Gasteiger partial charge on any atom is -0.507 e. The molecule has 2 N–H and O–H groups in total. The molecule has 0 spiro atoms. The highest BCUT2D eigenvalue weighted by Gasteiger charge is 2.16. The van der Waals surface area contributed by atoms with Crippen LogP contribution in [-0.2, 0) is 13.1 Å². The molecule has 20 heavy (non-hydrogen) atoms. The first-order valence-corrected chi connectivity index (χ1v) is 6.49. The fraction of sp³-hybridized carbons (Fsp3) is 0.385. The number of phenolic OH excluding ortho intramolecular Hbond substituents is 1. The van der Waals surface area contributed by atoms with Crippen molar-refractivity contribution in [3.05, 3.63) is 30.1 Å². The molecule has 1 aliphatic heterocycles. The van der Waals surface area contributed by atoms with Crippen molar-refractivity contribution < 1.29 is 14.6 Å². The zero-order valence-electron chi connectivity index (χ0n) is 11.0. The lowest BCUT2D eigenvalue weighted by molar-refractivity contribution is 0.174. The van der Waals surface area contributed by atoms with Crippen LogP contribution in [0.1, 0.15) is 12.0 Å². The number of benzene rings is 1. The van der Waals surface area contributed by atoms with E-state index in [2.05, 4.69) is 15.6 Å². The second-order valence-corrected chi connectivity index (χ2v) is 4.53. The predicted molar refractivity (Wildman–Crippen MR) is 70.6 cm³/mol. The molecule has 1 aliphatic rings. The number of aryl methyl sites for hydroxylation is 1. The fourth-order valence-electron chi connectivity index (χ4n) is 2.06. The fourth-order valence-corrected chi connectivity index (χ4v) is 2.06. The molecule has 0 amide bonds. The molecule has 0 saturated carbocycles. The number of hydrogen-bond acceptors (Lipinski definition) is 6. The van der Waals surface area contributed by atoms with Gasteiger partial charge in [0.15, 0.2) is 11.5 Å². The van der Waals surface area contributed by atoms with Crippen LogP contribution >= 0.6 is 0 Å². The van der Waals surface area contributed by atoms with Gasteiger partial charge in [0.1, 0.15) is 5.75 Å². The van der Waals surface area contributed by atoms with Gasteiger partial charge in [-0.15, -0.1) is 5.10 Å². The Balaban J connectivity index is 1.46. The molecule has 0 bridgehead atoms. The number of hydrogen-bond donors (Lipinski definition) is 2. The lowest BCUT2D eigenvalue weighted by atomic mass is 10.1. The van der Waals surface area contributed by atoms with Crippen LogP contribution < -0.4 is 14.8 Å². The van der Waals surface area contributed by atoms with Gasteiger partial charge in [-0.3, -0.25) is 4.68 Å². The standard InChI is InChI=1S/C13H16N4O3/c18-11-7-13-12(19-9-20-13)6-10(11)8-14-2-1-4-17-5-3-15-16-17/h3,5-7,14,18H,1-2,4,8-9H2. The second kappa shape index (κ2) is 5.79. The molecule has 3 rings (SSSR count). The summed E-state index contributed by atoms with van der Waals surface area (Å²) in [5, 5.41) is 20.8. The third-order valence-electron chi connectivity index (χ3n) is 3.10. The highest BCUT2D eigenvalue weighted by Crippen LogP contribution is 2.37. The Labute approximate surface area is 116 Å². The van der Waals surface area contributed by atoms with E-state index in [0.717, 1.165) is 25.1 Å². The van der Waals surface area contributed by atoms with Gasteiger partial charge in [-0.1, -0.05) is 5.21 Å². The van der Waals surface area contributed by atoms with E-state index < -0.39 is 0 Å². The van der Waals surface area contributed by atoms with E-state index in [1.807, 2.05) is 12.3 Å². The van der Waals surface area contributed by atoms with E-state index in [-0.39, 0.29) is 12.5 Å². The van der Waals surface area contributed by atoms with Crippen molar-refractivity contribution in [1.29, 1.82) is 0 Å². The third kappa shape index (κ3) is 2.83. The largest absolute Gasteiger partial charge is 0.507 e. The van der Waals surface area contributed by atoms with E-state index in [0.29, 0.717) is 18.0 Å². The lowest BCUT2D eigenvalue weighted by Crippen LogP contribution is -2.16. The summed E-state index contributed by atoms with van der Waals surface area (Å²) >= 11 is 0. The quantitative estimate of drug-likeness (QED) is 0.763. The summed E-state index contributed by atoms with van der Waals surface area (Å²) < 4.78 is 12.3.